The molecular weight excluding hydrogens is 297 g/mol. The number of aliphatic hydroxyl groups excluding tert-OH is 1. The summed E-state index contributed by atoms with van der Waals surface area (Å²) in [5, 5.41) is 14.8. The van der Waals surface area contributed by atoms with Gasteiger partial charge in [-0.3, -0.25) is 4.90 Å². The zero-order valence-electron chi connectivity index (χ0n) is 13.6. The van der Waals surface area contributed by atoms with E-state index >= 15 is 0 Å². The maximum absolute atomic E-state index is 12.9. The third kappa shape index (κ3) is 5.80. The number of halogens is 1. The number of nitrogens with one attached hydrogen (secondary N) is 2. The summed E-state index contributed by atoms with van der Waals surface area (Å²) in [6.45, 7) is 4.50. The number of carbonyl (C=O) groups is 1. The van der Waals surface area contributed by atoms with E-state index in [4.69, 9.17) is 5.11 Å². The molecule has 0 spiro atoms. The van der Waals surface area contributed by atoms with E-state index in [0.717, 1.165) is 38.0 Å². The van der Waals surface area contributed by atoms with Crippen LogP contribution in [-0.2, 0) is 6.54 Å². The lowest BCUT2D eigenvalue weighted by Gasteiger charge is -2.32. The second-order valence-electron chi connectivity index (χ2n) is 6.08. The number of rotatable bonds is 6. The summed E-state index contributed by atoms with van der Waals surface area (Å²) >= 11 is 0. The molecule has 1 fully saturated rings. The molecule has 1 saturated heterocycles. The maximum Gasteiger partial charge on any atom is 0.315 e. The van der Waals surface area contributed by atoms with Crippen LogP contribution in [0.15, 0.2) is 24.3 Å². The molecule has 0 aliphatic carbocycles. The SMILES string of the molecule is CCC(CO)NC(=O)NC1CCN(Cc2ccc(F)cc2)CC1. The van der Waals surface area contributed by atoms with Crippen LogP contribution in [0.4, 0.5) is 9.18 Å². The fourth-order valence-corrected chi connectivity index (χ4v) is 2.77. The van der Waals surface area contributed by atoms with Gasteiger partial charge in [0.1, 0.15) is 5.82 Å². The quantitative estimate of drug-likeness (QED) is 0.749. The molecule has 2 rings (SSSR count). The van der Waals surface area contributed by atoms with Crippen molar-refractivity contribution < 1.29 is 14.3 Å². The number of hydrogen-bond donors (Lipinski definition) is 3. The summed E-state index contributed by atoms with van der Waals surface area (Å²) < 4.78 is 12.9. The van der Waals surface area contributed by atoms with Crippen LogP contribution >= 0.6 is 0 Å². The van der Waals surface area contributed by atoms with Gasteiger partial charge in [-0.2, -0.15) is 0 Å². The lowest BCUT2D eigenvalue weighted by Crippen LogP contribution is -2.50. The Hall–Kier alpha value is -1.66. The van der Waals surface area contributed by atoms with E-state index < -0.39 is 0 Å². The molecule has 1 unspecified atom stereocenters. The highest BCUT2D eigenvalue weighted by Crippen LogP contribution is 2.14. The molecule has 128 valence electrons. The van der Waals surface area contributed by atoms with E-state index in [9.17, 15) is 9.18 Å². The molecular formula is C17H26FN3O2. The van der Waals surface area contributed by atoms with E-state index in [2.05, 4.69) is 15.5 Å². The van der Waals surface area contributed by atoms with Gasteiger partial charge in [-0.1, -0.05) is 19.1 Å². The highest BCUT2D eigenvalue weighted by atomic mass is 19.1. The van der Waals surface area contributed by atoms with Crippen molar-refractivity contribution in [3.05, 3.63) is 35.6 Å². The molecule has 2 amide bonds. The smallest absolute Gasteiger partial charge is 0.315 e. The molecule has 0 bridgehead atoms. The molecule has 0 radical (unpaired) electrons. The second-order valence-corrected chi connectivity index (χ2v) is 6.08. The van der Waals surface area contributed by atoms with E-state index in [1.54, 1.807) is 0 Å². The monoisotopic (exact) mass is 323 g/mol. The predicted octanol–water partition coefficient (Wildman–Crippen LogP) is 1.86. The van der Waals surface area contributed by atoms with Crippen LogP contribution in [-0.4, -0.2) is 47.8 Å². The first-order chi connectivity index (χ1) is 11.1. The number of piperidine rings is 1. The van der Waals surface area contributed by atoms with Gasteiger partial charge < -0.3 is 15.7 Å². The molecule has 1 aromatic carbocycles. The number of urea groups is 1. The van der Waals surface area contributed by atoms with Crippen molar-refractivity contribution in [3.63, 3.8) is 0 Å². The number of benzene rings is 1. The van der Waals surface area contributed by atoms with Gasteiger partial charge in [0.25, 0.3) is 0 Å². The largest absolute Gasteiger partial charge is 0.394 e. The minimum absolute atomic E-state index is 0.0416. The van der Waals surface area contributed by atoms with Crippen molar-refractivity contribution in [2.24, 2.45) is 0 Å². The van der Waals surface area contributed by atoms with Crippen LogP contribution in [0.25, 0.3) is 0 Å². The van der Waals surface area contributed by atoms with Crippen LogP contribution in [0, 0.1) is 5.82 Å². The van der Waals surface area contributed by atoms with Gasteiger partial charge in [-0.05, 0) is 37.0 Å². The summed E-state index contributed by atoms with van der Waals surface area (Å²) in [4.78, 5) is 14.2. The first kappa shape index (κ1) is 17.7. The van der Waals surface area contributed by atoms with Crippen LogP contribution in [0.1, 0.15) is 31.7 Å². The molecule has 23 heavy (non-hydrogen) atoms. The molecule has 1 atom stereocenters. The van der Waals surface area contributed by atoms with Gasteiger partial charge in [0, 0.05) is 25.7 Å². The van der Waals surface area contributed by atoms with Crippen molar-refractivity contribution in [3.8, 4) is 0 Å². The van der Waals surface area contributed by atoms with E-state index in [0.29, 0.717) is 6.42 Å². The van der Waals surface area contributed by atoms with Crippen LogP contribution in [0.5, 0.6) is 0 Å². The van der Waals surface area contributed by atoms with Crippen LogP contribution in [0.3, 0.4) is 0 Å². The van der Waals surface area contributed by atoms with Gasteiger partial charge in [0.2, 0.25) is 0 Å². The number of carbonyl (C=O) groups excluding carboxylic acids is 1. The molecule has 5 nitrogen and oxygen atoms in total. The molecule has 0 saturated carbocycles. The predicted molar refractivity (Wildman–Crippen MR) is 87.5 cm³/mol. The zero-order chi connectivity index (χ0) is 16.7. The highest BCUT2D eigenvalue weighted by molar-refractivity contribution is 5.74. The normalized spacial score (nSPS) is 17.7. The Morgan fingerprint density at radius 2 is 2.00 bits per heavy atom. The lowest BCUT2D eigenvalue weighted by atomic mass is 10.0. The fraction of sp³-hybridized carbons (Fsp3) is 0.588. The minimum Gasteiger partial charge on any atom is -0.394 e. The van der Waals surface area contributed by atoms with Gasteiger partial charge >= 0.3 is 6.03 Å². The Bertz CT molecular complexity index is 483. The second kappa shape index (κ2) is 8.84. The van der Waals surface area contributed by atoms with Crippen molar-refractivity contribution in [1.82, 2.24) is 15.5 Å². The Balaban J connectivity index is 1.71. The maximum atomic E-state index is 12.9. The Labute approximate surface area is 136 Å². The summed E-state index contributed by atoms with van der Waals surface area (Å²) in [5.41, 5.74) is 1.10. The lowest BCUT2D eigenvalue weighted by molar-refractivity contribution is 0.181. The average molecular weight is 323 g/mol. The average Bonchev–Trinajstić information content (AvgIpc) is 2.56. The first-order valence-corrected chi connectivity index (χ1v) is 8.25. The highest BCUT2D eigenvalue weighted by Gasteiger charge is 2.21. The number of likely N-dealkylation sites (tertiary alicyclic amines) is 1. The molecule has 3 N–H and O–H groups in total. The minimum atomic E-state index is -0.212. The molecule has 6 heteroatoms. The first-order valence-electron chi connectivity index (χ1n) is 8.25. The summed E-state index contributed by atoms with van der Waals surface area (Å²) in [7, 11) is 0. The van der Waals surface area contributed by atoms with Gasteiger partial charge in [0.05, 0.1) is 12.6 Å². The Morgan fingerprint density at radius 1 is 1.35 bits per heavy atom. The number of aliphatic hydroxyl groups is 1. The number of nitrogens with zero attached hydrogens (tertiary/aromatic N) is 1. The van der Waals surface area contributed by atoms with Crippen LogP contribution in [0.2, 0.25) is 0 Å². The molecule has 1 aromatic rings. The number of hydrogen-bond acceptors (Lipinski definition) is 3. The van der Waals surface area contributed by atoms with Gasteiger partial charge in [0.15, 0.2) is 0 Å². The molecule has 1 aliphatic rings. The van der Waals surface area contributed by atoms with Gasteiger partial charge in [-0.15, -0.1) is 0 Å². The number of amides is 2. The van der Waals surface area contributed by atoms with Crippen LogP contribution < -0.4 is 10.6 Å². The third-order valence-corrected chi connectivity index (χ3v) is 4.29. The Kier molecular flexibility index (Phi) is 6.80. The third-order valence-electron chi connectivity index (χ3n) is 4.29. The molecule has 0 aromatic heterocycles. The fourth-order valence-electron chi connectivity index (χ4n) is 2.77. The summed E-state index contributed by atoms with van der Waals surface area (Å²) in [5.74, 6) is -0.212. The van der Waals surface area contributed by atoms with E-state index in [-0.39, 0.29) is 30.5 Å². The molecule has 1 heterocycles. The Morgan fingerprint density at radius 3 is 2.57 bits per heavy atom. The summed E-state index contributed by atoms with van der Waals surface area (Å²) in [6, 6.07) is 6.37. The zero-order valence-corrected chi connectivity index (χ0v) is 13.6. The van der Waals surface area contributed by atoms with Crippen molar-refractivity contribution in [2.45, 2.75) is 44.8 Å². The topological polar surface area (TPSA) is 64.6 Å². The molecule has 1 aliphatic heterocycles. The summed E-state index contributed by atoms with van der Waals surface area (Å²) in [6.07, 6.45) is 2.50. The van der Waals surface area contributed by atoms with Crippen molar-refractivity contribution in [1.29, 1.82) is 0 Å². The van der Waals surface area contributed by atoms with Crippen molar-refractivity contribution >= 4 is 6.03 Å². The van der Waals surface area contributed by atoms with Gasteiger partial charge in [-0.25, -0.2) is 9.18 Å². The van der Waals surface area contributed by atoms with E-state index in [1.165, 1.54) is 12.1 Å². The standard InChI is InChI=1S/C17H26FN3O2/c1-2-15(12-22)19-17(23)20-16-7-9-21(10-8-16)11-13-3-5-14(18)6-4-13/h3-6,15-16,22H,2,7-12H2,1H3,(H2,19,20,23). The van der Waals surface area contributed by atoms with E-state index in [1.807, 2.05) is 19.1 Å². The van der Waals surface area contributed by atoms with Crippen molar-refractivity contribution in [2.75, 3.05) is 19.7 Å².